The molecule has 0 radical (unpaired) electrons. The first-order valence-corrected chi connectivity index (χ1v) is 6.81. The van der Waals surface area contributed by atoms with E-state index in [2.05, 4.69) is 20.9 Å². The zero-order valence-corrected chi connectivity index (χ0v) is 12.0. The molecule has 0 bridgehead atoms. The van der Waals surface area contributed by atoms with E-state index in [4.69, 9.17) is 5.73 Å². The lowest BCUT2D eigenvalue weighted by molar-refractivity contribution is -0.137. The number of hydrogen-bond donors (Lipinski definition) is 1. The first-order chi connectivity index (χ1) is 8.82. The van der Waals surface area contributed by atoms with E-state index in [9.17, 15) is 13.2 Å². The van der Waals surface area contributed by atoms with Crippen molar-refractivity contribution >= 4 is 21.7 Å². The van der Waals surface area contributed by atoms with Gasteiger partial charge in [0.1, 0.15) is 5.82 Å². The number of nitrogens with two attached hydrogens (primary N) is 1. The van der Waals surface area contributed by atoms with E-state index in [1.807, 2.05) is 6.92 Å². The summed E-state index contributed by atoms with van der Waals surface area (Å²) in [4.78, 5) is 5.67. The smallest absolute Gasteiger partial charge is 0.353 e. The third-order valence-corrected chi connectivity index (χ3v) is 3.84. The fourth-order valence-corrected chi connectivity index (χ4v) is 2.81. The molecule has 1 aromatic rings. The fourth-order valence-electron chi connectivity index (χ4n) is 2.48. The third kappa shape index (κ3) is 3.02. The molecule has 1 aromatic heterocycles. The van der Waals surface area contributed by atoms with Crippen molar-refractivity contribution in [1.82, 2.24) is 4.98 Å². The minimum Gasteiger partial charge on any atom is -0.353 e. The average Bonchev–Trinajstić information content (AvgIpc) is 2.69. The predicted molar refractivity (Wildman–Crippen MR) is 70.9 cm³/mol. The summed E-state index contributed by atoms with van der Waals surface area (Å²) in [6, 6.07) is 1.09. The van der Waals surface area contributed by atoms with Crippen LogP contribution in [0.3, 0.4) is 0 Å². The summed E-state index contributed by atoms with van der Waals surface area (Å²) in [6.07, 6.45) is -2.22. The van der Waals surface area contributed by atoms with Gasteiger partial charge in [-0.15, -0.1) is 0 Å². The van der Waals surface area contributed by atoms with E-state index in [0.717, 1.165) is 12.5 Å². The molecule has 2 atom stereocenters. The molecule has 0 amide bonds. The lowest BCUT2D eigenvalue weighted by atomic mass is 10.1. The van der Waals surface area contributed by atoms with Gasteiger partial charge in [-0.05, 0) is 47.8 Å². The molecule has 0 spiro atoms. The molecule has 0 saturated carbocycles. The lowest BCUT2D eigenvalue weighted by Gasteiger charge is -2.26. The Morgan fingerprint density at radius 1 is 1.53 bits per heavy atom. The van der Waals surface area contributed by atoms with E-state index in [1.165, 1.54) is 6.20 Å². The maximum Gasteiger partial charge on any atom is 0.419 e. The number of aromatic nitrogens is 1. The molecular formula is C12H15BrF3N3. The van der Waals surface area contributed by atoms with Gasteiger partial charge < -0.3 is 10.6 Å². The van der Waals surface area contributed by atoms with Crippen LogP contribution < -0.4 is 10.6 Å². The van der Waals surface area contributed by atoms with E-state index < -0.39 is 11.7 Å². The van der Waals surface area contributed by atoms with E-state index in [1.54, 1.807) is 4.90 Å². The largest absolute Gasteiger partial charge is 0.419 e. The Kier molecular flexibility index (Phi) is 4.06. The molecule has 2 unspecified atom stereocenters. The topological polar surface area (TPSA) is 42.1 Å². The molecule has 7 heteroatoms. The van der Waals surface area contributed by atoms with Crippen molar-refractivity contribution in [2.24, 2.45) is 11.7 Å². The van der Waals surface area contributed by atoms with Crippen molar-refractivity contribution in [1.29, 1.82) is 0 Å². The van der Waals surface area contributed by atoms with Crippen LogP contribution in [0.5, 0.6) is 0 Å². The number of nitrogens with zero attached hydrogens (tertiary/aromatic N) is 2. The molecule has 2 rings (SSSR count). The van der Waals surface area contributed by atoms with Gasteiger partial charge in [0.25, 0.3) is 0 Å². The Balaban J connectivity index is 2.40. The number of pyridine rings is 1. The predicted octanol–water partition coefficient (Wildman–Crippen LogP) is 3.04. The van der Waals surface area contributed by atoms with Gasteiger partial charge in [-0.1, -0.05) is 0 Å². The average molecular weight is 338 g/mol. The highest BCUT2D eigenvalue weighted by Crippen LogP contribution is 2.39. The lowest BCUT2D eigenvalue weighted by Crippen LogP contribution is -2.30. The van der Waals surface area contributed by atoms with Crippen LogP contribution in [0.25, 0.3) is 0 Å². The number of anilines is 1. The molecule has 1 saturated heterocycles. The van der Waals surface area contributed by atoms with E-state index in [-0.39, 0.29) is 17.8 Å². The van der Waals surface area contributed by atoms with Crippen LogP contribution in [0.15, 0.2) is 16.7 Å². The standard InChI is InChI=1S/C12H15BrF3N3/c1-7-2-8(4-17)6-19(7)11-10(12(14,15)16)3-9(13)5-18-11/h3,5,7-8H,2,4,6,17H2,1H3. The van der Waals surface area contributed by atoms with Crippen molar-refractivity contribution < 1.29 is 13.2 Å². The Hall–Kier alpha value is -0.820. The molecule has 3 nitrogen and oxygen atoms in total. The number of hydrogen-bond acceptors (Lipinski definition) is 3. The monoisotopic (exact) mass is 337 g/mol. The third-order valence-electron chi connectivity index (χ3n) is 3.41. The van der Waals surface area contributed by atoms with Crippen molar-refractivity contribution in [2.45, 2.75) is 25.6 Å². The second kappa shape index (κ2) is 5.28. The van der Waals surface area contributed by atoms with Gasteiger partial charge >= 0.3 is 6.18 Å². The van der Waals surface area contributed by atoms with Gasteiger partial charge in [0.15, 0.2) is 0 Å². The Morgan fingerprint density at radius 3 is 2.74 bits per heavy atom. The fraction of sp³-hybridized carbons (Fsp3) is 0.583. The van der Waals surface area contributed by atoms with Gasteiger partial charge in [0, 0.05) is 23.3 Å². The SMILES string of the molecule is CC1CC(CN)CN1c1ncc(Br)cc1C(F)(F)F. The van der Waals surface area contributed by atoms with Gasteiger partial charge in [-0.3, -0.25) is 0 Å². The van der Waals surface area contributed by atoms with Crippen molar-refractivity contribution in [2.75, 3.05) is 18.0 Å². The molecule has 1 fully saturated rings. The first-order valence-electron chi connectivity index (χ1n) is 6.02. The van der Waals surface area contributed by atoms with Gasteiger partial charge in [-0.2, -0.15) is 13.2 Å². The maximum atomic E-state index is 13.1. The van der Waals surface area contributed by atoms with Crippen molar-refractivity contribution in [3.8, 4) is 0 Å². The van der Waals surface area contributed by atoms with Crippen LogP contribution in [0, 0.1) is 5.92 Å². The molecule has 0 aliphatic carbocycles. The number of alkyl halides is 3. The zero-order chi connectivity index (χ0) is 14.2. The molecule has 2 N–H and O–H groups in total. The summed E-state index contributed by atoms with van der Waals surface area (Å²) in [5.41, 5.74) is 4.91. The summed E-state index contributed by atoms with van der Waals surface area (Å²) in [7, 11) is 0. The molecule has 2 heterocycles. The number of rotatable bonds is 2. The summed E-state index contributed by atoms with van der Waals surface area (Å²) in [5.74, 6) is 0.223. The Bertz CT molecular complexity index is 464. The van der Waals surface area contributed by atoms with Crippen molar-refractivity contribution in [3.05, 3.63) is 22.3 Å². The highest BCUT2D eigenvalue weighted by molar-refractivity contribution is 9.10. The van der Waals surface area contributed by atoms with Crippen LogP contribution in [-0.4, -0.2) is 24.1 Å². The normalized spacial score (nSPS) is 24.0. The minimum atomic E-state index is -4.41. The van der Waals surface area contributed by atoms with Crippen LogP contribution >= 0.6 is 15.9 Å². The molecular weight excluding hydrogens is 323 g/mol. The van der Waals surface area contributed by atoms with Crippen molar-refractivity contribution in [3.63, 3.8) is 0 Å². The summed E-state index contributed by atoms with van der Waals surface area (Å²) in [5, 5.41) is 0. The first kappa shape index (κ1) is 14.6. The molecule has 19 heavy (non-hydrogen) atoms. The zero-order valence-electron chi connectivity index (χ0n) is 10.4. The summed E-state index contributed by atoms with van der Waals surface area (Å²) < 4.78 is 39.6. The molecule has 0 aromatic carbocycles. The highest BCUT2D eigenvalue weighted by Gasteiger charge is 2.39. The molecule has 1 aliphatic rings. The van der Waals surface area contributed by atoms with Gasteiger partial charge in [-0.25, -0.2) is 4.98 Å². The minimum absolute atomic E-state index is 0.000787. The van der Waals surface area contributed by atoms with Gasteiger partial charge in [0.05, 0.1) is 5.56 Å². The molecule has 106 valence electrons. The van der Waals surface area contributed by atoms with Gasteiger partial charge in [0.2, 0.25) is 0 Å². The second-order valence-electron chi connectivity index (χ2n) is 4.86. The van der Waals surface area contributed by atoms with E-state index >= 15 is 0 Å². The van der Waals surface area contributed by atoms with Crippen LogP contribution in [-0.2, 0) is 6.18 Å². The Morgan fingerprint density at radius 2 is 2.21 bits per heavy atom. The van der Waals surface area contributed by atoms with Crippen LogP contribution in [0.2, 0.25) is 0 Å². The summed E-state index contributed by atoms with van der Waals surface area (Å²) >= 11 is 3.04. The maximum absolute atomic E-state index is 13.1. The number of halogens is 4. The quantitative estimate of drug-likeness (QED) is 0.901. The molecule has 1 aliphatic heterocycles. The second-order valence-corrected chi connectivity index (χ2v) is 5.78. The summed E-state index contributed by atoms with van der Waals surface area (Å²) in [6.45, 7) is 2.91. The van der Waals surface area contributed by atoms with E-state index in [0.29, 0.717) is 17.6 Å². The van der Waals surface area contributed by atoms with Crippen LogP contribution in [0.1, 0.15) is 18.9 Å². The van der Waals surface area contributed by atoms with Crippen LogP contribution in [0.4, 0.5) is 19.0 Å². The Labute approximate surface area is 118 Å². The highest BCUT2D eigenvalue weighted by atomic mass is 79.9.